The first kappa shape index (κ1) is 28.2. The summed E-state index contributed by atoms with van der Waals surface area (Å²) < 4.78 is 134. The normalized spacial score (nSPS) is 18.9. The average Bonchev–Trinajstić information content (AvgIpc) is 3.21. The van der Waals surface area contributed by atoms with Crippen LogP contribution in [0.3, 0.4) is 0 Å². The Labute approximate surface area is 340 Å². The molecule has 0 bridgehead atoms. The molecule has 4 amide bonds. The second-order valence-corrected chi connectivity index (χ2v) is 12.0. The zero-order valence-corrected chi connectivity index (χ0v) is 29.7. The lowest BCUT2D eigenvalue weighted by molar-refractivity contribution is -0.157. The van der Waals surface area contributed by atoms with Gasteiger partial charge in [-0.2, -0.15) is 0 Å². The highest BCUT2D eigenvalue weighted by Crippen LogP contribution is 2.17. The van der Waals surface area contributed by atoms with E-state index >= 15 is 0 Å². The highest BCUT2D eigenvalue weighted by Gasteiger charge is 2.28. The van der Waals surface area contributed by atoms with E-state index in [1.165, 1.54) is 20.8 Å². The van der Waals surface area contributed by atoms with Crippen LogP contribution in [-0.4, -0.2) is 80.5 Å². The van der Waals surface area contributed by atoms with Crippen LogP contribution in [0.4, 0.5) is 0 Å². The number of primary amides is 2. The maximum atomic E-state index is 13.4. The molecule has 53 heavy (non-hydrogen) atoms. The molecule has 0 unspecified atom stereocenters. The average molecular weight is 760 g/mol. The third kappa shape index (κ3) is 23.8. The number of carbonyl (C=O) groups excluding carboxylic acids is 5. The maximum Gasteiger partial charge on any atom is 0.307 e. The van der Waals surface area contributed by atoms with Crippen molar-refractivity contribution in [1.29, 1.82) is 0 Å². The minimum absolute atomic E-state index is 0. The highest BCUT2D eigenvalue weighted by atomic mass is 16.6. The van der Waals surface area contributed by atoms with Gasteiger partial charge in [-0.3, -0.25) is 24.0 Å². The van der Waals surface area contributed by atoms with Crippen LogP contribution in [0.1, 0.15) is 114 Å². The van der Waals surface area contributed by atoms with Crippen molar-refractivity contribution >= 4 is 29.6 Å². The topological polar surface area (TPSA) is 221 Å². The fourth-order valence-electron chi connectivity index (χ4n) is 4.02. The fourth-order valence-corrected chi connectivity index (χ4v) is 4.02. The Morgan fingerprint density at radius 3 is 1.55 bits per heavy atom. The molecule has 2 aromatic carbocycles. The molecule has 0 fully saturated rings. The zero-order chi connectivity index (χ0) is 52.4. The Morgan fingerprint density at radius 2 is 1.15 bits per heavy atom. The molecule has 0 radical (unpaired) electrons. The van der Waals surface area contributed by atoms with Crippen molar-refractivity contribution in [3.63, 3.8) is 0 Å². The molecule has 2 aromatic rings. The van der Waals surface area contributed by atoms with Gasteiger partial charge in [0.05, 0.1) is 33.4 Å². The first-order chi connectivity index (χ1) is 30.5. The smallest absolute Gasteiger partial charge is 0.307 e. The van der Waals surface area contributed by atoms with Gasteiger partial charge in [0.15, 0.2) is 0 Å². The van der Waals surface area contributed by atoms with E-state index in [-0.39, 0.29) is 27.7 Å². The summed E-state index contributed by atoms with van der Waals surface area (Å²) in [4.78, 5) is 62.4. The molecule has 0 saturated heterocycles. The van der Waals surface area contributed by atoms with Gasteiger partial charge in [0, 0.05) is 6.85 Å². The maximum absolute atomic E-state index is 13.4. The monoisotopic (exact) mass is 760 g/mol. The summed E-state index contributed by atoms with van der Waals surface area (Å²) in [7, 11) is 3.48. The molecule has 0 aliphatic heterocycles. The molecule has 300 valence electrons. The predicted molar refractivity (Wildman–Crippen MR) is 213 cm³/mol. The Kier molecular flexibility index (Phi) is 15.0. The molecule has 0 spiro atoms. The van der Waals surface area contributed by atoms with E-state index in [9.17, 15) is 24.0 Å². The third-order valence-corrected chi connectivity index (χ3v) is 6.43. The van der Waals surface area contributed by atoms with Gasteiger partial charge in [-0.05, 0) is 110 Å². The van der Waals surface area contributed by atoms with Crippen molar-refractivity contribution in [3.05, 3.63) is 71.6 Å². The molecular weight excluding hydrogens is 674 g/mol. The number of hydrogen-bond acceptors (Lipinski definition) is 9. The van der Waals surface area contributed by atoms with Crippen molar-refractivity contribution in [1.82, 2.24) is 21.3 Å². The summed E-state index contributed by atoms with van der Waals surface area (Å²) >= 11 is 0. The minimum atomic E-state index is -3.31. The number of carbonyl (C=O) groups is 5. The van der Waals surface area contributed by atoms with Crippen molar-refractivity contribution < 1.29 is 50.6 Å². The standard InChI is InChI=1S/C22H35N3O4.C16H26N4O2.2CH4/c1-22(2,3)29-19(26)15-17(14-16-10-6-5-7-11-16)21(28)25-18(20(23)27)12-8-9-13-24-4;1-19-10-6-5-9-14(15(18)21)20-16(22)13(17)11-12-7-3-2-4-8-12;;/h5-7,10-11,17-18,24H,8-9,12-15H2,1-4H3,(H2,23,27)(H,25,28);2-4,7-8,13-14,19H,5-6,9-11,17H2,1H3,(H2,18,21)(H,20,22);2*1H4/t17-,18+;13-,14-;;/m10../s1/i5D,6D,7D,10D,11D,14D2,17D;2D,3D,4D,7D,8D,11D2,13D;;. The van der Waals surface area contributed by atoms with Crippen LogP contribution in [0, 0.1) is 5.89 Å². The van der Waals surface area contributed by atoms with Crippen molar-refractivity contribution in [2.45, 2.75) is 117 Å². The van der Waals surface area contributed by atoms with Gasteiger partial charge in [-0.15, -0.1) is 0 Å². The van der Waals surface area contributed by atoms with Gasteiger partial charge in [0.1, 0.15) is 17.7 Å². The number of esters is 1. The number of amides is 4. The summed E-state index contributed by atoms with van der Waals surface area (Å²) in [6.07, 6.45) is -5.23. The lowest BCUT2D eigenvalue weighted by Gasteiger charge is -2.23. The molecule has 0 heterocycles. The second kappa shape index (κ2) is 28.2. The minimum Gasteiger partial charge on any atom is -0.460 e. The van der Waals surface area contributed by atoms with E-state index < -0.39 is 150 Å². The van der Waals surface area contributed by atoms with Crippen LogP contribution in [0.2, 0.25) is 0 Å². The van der Waals surface area contributed by atoms with Gasteiger partial charge in [0.2, 0.25) is 23.6 Å². The van der Waals surface area contributed by atoms with E-state index in [2.05, 4.69) is 21.3 Å². The SMILES string of the molecule is C.C.[2H]c1c([2H])c([2H])c(C([2H])([2H])[C@]([2H])(CC(=O)OC(C)(C)C)C(=O)N[C@@H](CCCCNC)C(N)=O)c([2H])c1[2H].[2H]c1c([2H])c([2H])c(C([2H])([2H])[C@]([2H])(N)C(=O)N[C@@H](CCCCNC)C(N)=O)c([2H])c1[2H]. The van der Waals surface area contributed by atoms with Crippen LogP contribution in [0.5, 0.6) is 0 Å². The number of nitrogens with two attached hydrogens (primary N) is 3. The lowest BCUT2D eigenvalue weighted by atomic mass is 9.94. The number of ether oxygens (including phenoxy) is 1. The largest absolute Gasteiger partial charge is 0.460 e. The van der Waals surface area contributed by atoms with Gasteiger partial charge >= 0.3 is 5.97 Å². The molecule has 10 N–H and O–H groups in total. The molecule has 0 saturated carbocycles. The molecule has 0 aliphatic rings. The summed E-state index contributed by atoms with van der Waals surface area (Å²) in [6.45, 7) is 5.86. The van der Waals surface area contributed by atoms with Crippen molar-refractivity contribution in [2.75, 3.05) is 27.2 Å². The summed E-state index contributed by atoms with van der Waals surface area (Å²) in [6, 6.07) is -14.4. The fraction of sp³-hybridized carbons (Fsp3) is 0.575. The highest BCUT2D eigenvalue weighted by molar-refractivity contribution is 5.90. The molecule has 13 heteroatoms. The number of unbranched alkanes of at least 4 members (excludes halogenated alkanes) is 2. The number of benzene rings is 2. The number of nitrogens with one attached hydrogen (secondary N) is 4. The van der Waals surface area contributed by atoms with E-state index in [4.69, 9.17) is 43.9 Å². The van der Waals surface area contributed by atoms with Crippen LogP contribution in [-0.2, 0) is 41.5 Å². The van der Waals surface area contributed by atoms with Gasteiger partial charge in [0.25, 0.3) is 0 Å². The van der Waals surface area contributed by atoms with Gasteiger partial charge < -0.3 is 43.2 Å². The van der Waals surface area contributed by atoms with Crippen LogP contribution in [0.15, 0.2) is 60.4 Å². The molecule has 0 aliphatic carbocycles. The summed E-state index contributed by atoms with van der Waals surface area (Å²) in [5, 5.41) is 10.2. The Hall–Kier alpha value is -4.33. The predicted octanol–water partition coefficient (Wildman–Crippen LogP) is 3.13. The van der Waals surface area contributed by atoms with E-state index in [1.807, 2.05) is 0 Å². The quantitative estimate of drug-likeness (QED) is 0.0692. The molecule has 4 atom stereocenters. The van der Waals surface area contributed by atoms with Crippen molar-refractivity contribution in [3.8, 4) is 0 Å². The second-order valence-electron chi connectivity index (χ2n) is 12.0. The lowest BCUT2D eigenvalue weighted by Crippen LogP contribution is -2.51. The van der Waals surface area contributed by atoms with E-state index in [0.717, 1.165) is 0 Å². The van der Waals surface area contributed by atoms with E-state index in [0.29, 0.717) is 38.8 Å². The van der Waals surface area contributed by atoms with Crippen molar-refractivity contribution in [2.24, 2.45) is 23.1 Å². The first-order valence-corrected chi connectivity index (χ1v) is 16.2. The Balaban J connectivity index is 0. The summed E-state index contributed by atoms with van der Waals surface area (Å²) in [5.74, 6) is -8.92. The first-order valence-electron chi connectivity index (χ1n) is 24.2. The Morgan fingerprint density at radius 1 is 0.736 bits per heavy atom. The Bertz CT molecular complexity index is 2090. The third-order valence-electron chi connectivity index (χ3n) is 6.43. The van der Waals surface area contributed by atoms with Crippen LogP contribution < -0.4 is 38.5 Å². The molecule has 2 rings (SSSR count). The van der Waals surface area contributed by atoms with Crippen LogP contribution >= 0.6 is 0 Å². The van der Waals surface area contributed by atoms with Gasteiger partial charge in [-0.1, -0.05) is 75.3 Å². The molecular formula is C40H69N7O6. The molecule has 0 aromatic heterocycles. The van der Waals surface area contributed by atoms with Crippen LogP contribution in [0.25, 0.3) is 0 Å². The zero-order valence-electron chi connectivity index (χ0n) is 45.7. The van der Waals surface area contributed by atoms with Gasteiger partial charge in [-0.25, -0.2) is 0 Å². The number of rotatable bonds is 22. The van der Waals surface area contributed by atoms with E-state index in [1.54, 1.807) is 14.1 Å². The summed E-state index contributed by atoms with van der Waals surface area (Å²) in [5.41, 5.74) is 13.4. The number of hydrogen-bond donors (Lipinski definition) is 7. The molecule has 13 nitrogen and oxygen atoms in total.